The predicted molar refractivity (Wildman–Crippen MR) is 75.9 cm³/mol. The molecule has 0 bridgehead atoms. The van der Waals surface area contributed by atoms with Gasteiger partial charge in [0.25, 0.3) is 0 Å². The molecule has 0 N–H and O–H groups in total. The zero-order valence-corrected chi connectivity index (χ0v) is 11.9. The SMILES string of the molecule is COc1cc(I)c2ccccc2c1I. The standard InChI is InChI=1S/C11H8I2O/c1-14-10-6-9(12)7-4-2-3-5-8(7)11(10)13/h2-6H,1H3. The lowest BCUT2D eigenvalue weighted by atomic mass is 10.1. The summed E-state index contributed by atoms with van der Waals surface area (Å²) >= 11 is 4.67. The van der Waals surface area contributed by atoms with Crippen LogP contribution in [0.5, 0.6) is 5.75 Å². The van der Waals surface area contributed by atoms with Gasteiger partial charge >= 0.3 is 0 Å². The highest BCUT2D eigenvalue weighted by atomic mass is 127. The van der Waals surface area contributed by atoms with Crippen LogP contribution in [0.4, 0.5) is 0 Å². The van der Waals surface area contributed by atoms with E-state index in [0.29, 0.717) is 0 Å². The van der Waals surface area contributed by atoms with Gasteiger partial charge in [0, 0.05) is 3.57 Å². The topological polar surface area (TPSA) is 9.23 Å². The maximum absolute atomic E-state index is 5.32. The smallest absolute Gasteiger partial charge is 0.133 e. The Labute approximate surface area is 110 Å². The zero-order chi connectivity index (χ0) is 10.1. The Balaban J connectivity index is 2.87. The number of ether oxygens (including phenoxy) is 1. The number of methoxy groups -OCH3 is 1. The van der Waals surface area contributed by atoms with Gasteiger partial charge in [-0.05, 0) is 62.0 Å². The van der Waals surface area contributed by atoms with Crippen LogP contribution >= 0.6 is 45.2 Å². The normalized spacial score (nSPS) is 10.5. The van der Waals surface area contributed by atoms with Crippen LogP contribution in [-0.2, 0) is 0 Å². The highest BCUT2D eigenvalue weighted by Gasteiger charge is 2.07. The highest BCUT2D eigenvalue weighted by molar-refractivity contribution is 14.1. The van der Waals surface area contributed by atoms with Crippen molar-refractivity contribution in [2.75, 3.05) is 7.11 Å². The number of fused-ring (bicyclic) bond motifs is 1. The van der Waals surface area contributed by atoms with Crippen molar-refractivity contribution in [2.45, 2.75) is 0 Å². The van der Waals surface area contributed by atoms with E-state index >= 15 is 0 Å². The lowest BCUT2D eigenvalue weighted by molar-refractivity contribution is 0.412. The van der Waals surface area contributed by atoms with E-state index in [9.17, 15) is 0 Å². The molecule has 3 heteroatoms. The van der Waals surface area contributed by atoms with Gasteiger partial charge in [0.15, 0.2) is 0 Å². The second-order valence-electron chi connectivity index (χ2n) is 2.92. The summed E-state index contributed by atoms with van der Waals surface area (Å²) in [4.78, 5) is 0. The molecular weight excluding hydrogens is 402 g/mol. The molecule has 0 heterocycles. The van der Waals surface area contributed by atoms with Crippen LogP contribution in [0.3, 0.4) is 0 Å². The molecule has 0 fully saturated rings. The molecule has 0 saturated carbocycles. The maximum Gasteiger partial charge on any atom is 0.133 e. The fourth-order valence-corrected chi connectivity index (χ4v) is 3.02. The molecule has 0 radical (unpaired) electrons. The lowest BCUT2D eigenvalue weighted by Gasteiger charge is -2.08. The van der Waals surface area contributed by atoms with Gasteiger partial charge in [-0.1, -0.05) is 24.3 Å². The molecule has 2 aromatic rings. The van der Waals surface area contributed by atoms with Gasteiger partial charge in [0.2, 0.25) is 0 Å². The molecule has 0 aliphatic heterocycles. The number of hydrogen-bond donors (Lipinski definition) is 0. The second kappa shape index (κ2) is 4.22. The molecular formula is C11H8I2O. The molecule has 0 unspecified atom stereocenters. The van der Waals surface area contributed by atoms with Crippen molar-refractivity contribution >= 4 is 56.0 Å². The van der Waals surface area contributed by atoms with Crippen LogP contribution in [0.15, 0.2) is 30.3 Å². The van der Waals surface area contributed by atoms with Gasteiger partial charge in [-0.3, -0.25) is 0 Å². The van der Waals surface area contributed by atoms with Gasteiger partial charge < -0.3 is 4.74 Å². The first-order valence-corrected chi connectivity index (χ1v) is 6.30. The van der Waals surface area contributed by atoms with Crippen molar-refractivity contribution in [1.29, 1.82) is 0 Å². The molecule has 0 amide bonds. The quantitative estimate of drug-likeness (QED) is 0.645. The van der Waals surface area contributed by atoms with Crippen LogP contribution in [0.2, 0.25) is 0 Å². The second-order valence-corrected chi connectivity index (χ2v) is 5.16. The van der Waals surface area contributed by atoms with E-state index in [1.807, 2.05) is 0 Å². The van der Waals surface area contributed by atoms with Crippen molar-refractivity contribution in [3.8, 4) is 5.75 Å². The van der Waals surface area contributed by atoms with Gasteiger partial charge in [0.05, 0.1) is 10.7 Å². The van der Waals surface area contributed by atoms with Crippen molar-refractivity contribution in [1.82, 2.24) is 0 Å². The lowest BCUT2D eigenvalue weighted by Crippen LogP contribution is -1.90. The van der Waals surface area contributed by atoms with Gasteiger partial charge in [-0.2, -0.15) is 0 Å². The largest absolute Gasteiger partial charge is 0.496 e. The summed E-state index contributed by atoms with van der Waals surface area (Å²) in [7, 11) is 1.71. The van der Waals surface area contributed by atoms with Crippen molar-refractivity contribution in [3.05, 3.63) is 37.5 Å². The van der Waals surface area contributed by atoms with E-state index in [4.69, 9.17) is 4.74 Å². The average molecular weight is 410 g/mol. The fourth-order valence-electron chi connectivity index (χ4n) is 1.42. The summed E-state index contributed by atoms with van der Waals surface area (Å²) in [5, 5.41) is 2.55. The first-order chi connectivity index (χ1) is 6.74. The molecule has 0 aliphatic rings. The van der Waals surface area contributed by atoms with Crippen LogP contribution in [-0.4, -0.2) is 7.11 Å². The Bertz CT molecular complexity index is 480. The molecule has 2 aromatic carbocycles. The van der Waals surface area contributed by atoms with Crippen LogP contribution in [0.1, 0.15) is 0 Å². The third kappa shape index (κ3) is 1.71. The summed E-state index contributed by atoms with van der Waals surface area (Å²) < 4.78 is 7.74. The summed E-state index contributed by atoms with van der Waals surface area (Å²) in [5.41, 5.74) is 0. The summed E-state index contributed by atoms with van der Waals surface area (Å²) in [6.07, 6.45) is 0. The molecule has 0 spiro atoms. The first kappa shape index (κ1) is 10.5. The molecule has 14 heavy (non-hydrogen) atoms. The van der Waals surface area contributed by atoms with Crippen LogP contribution in [0.25, 0.3) is 10.8 Å². The monoisotopic (exact) mass is 410 g/mol. The molecule has 0 atom stereocenters. The van der Waals surface area contributed by atoms with E-state index in [2.05, 4.69) is 75.5 Å². The Kier molecular flexibility index (Phi) is 3.16. The minimum atomic E-state index is 0.952. The van der Waals surface area contributed by atoms with Crippen LogP contribution in [0, 0.1) is 7.14 Å². The third-order valence-corrected chi connectivity index (χ3v) is 4.12. The van der Waals surface area contributed by atoms with Gasteiger partial charge in [-0.25, -0.2) is 0 Å². The summed E-state index contributed by atoms with van der Waals surface area (Å²) in [5.74, 6) is 0.952. The Hall–Kier alpha value is -0.0400. The van der Waals surface area contributed by atoms with Gasteiger partial charge in [0.1, 0.15) is 5.75 Å². The van der Waals surface area contributed by atoms with E-state index in [1.54, 1.807) is 7.11 Å². The molecule has 72 valence electrons. The molecule has 0 aliphatic carbocycles. The maximum atomic E-state index is 5.32. The zero-order valence-electron chi connectivity index (χ0n) is 7.55. The Morgan fingerprint density at radius 3 is 2.36 bits per heavy atom. The summed E-state index contributed by atoms with van der Waals surface area (Å²) in [6.45, 7) is 0. The Morgan fingerprint density at radius 1 is 1.07 bits per heavy atom. The van der Waals surface area contributed by atoms with E-state index in [-0.39, 0.29) is 0 Å². The Morgan fingerprint density at radius 2 is 1.71 bits per heavy atom. The highest BCUT2D eigenvalue weighted by Crippen LogP contribution is 2.32. The summed E-state index contributed by atoms with van der Waals surface area (Å²) in [6, 6.07) is 10.5. The molecule has 0 saturated heterocycles. The van der Waals surface area contributed by atoms with E-state index in [0.717, 1.165) is 5.75 Å². The van der Waals surface area contributed by atoms with Crippen molar-refractivity contribution < 1.29 is 4.74 Å². The molecule has 2 rings (SSSR count). The average Bonchev–Trinajstić information content (AvgIpc) is 2.23. The van der Waals surface area contributed by atoms with Crippen LogP contribution < -0.4 is 4.74 Å². The number of hydrogen-bond acceptors (Lipinski definition) is 1. The predicted octanol–water partition coefficient (Wildman–Crippen LogP) is 4.06. The number of benzene rings is 2. The number of rotatable bonds is 1. The van der Waals surface area contributed by atoms with Crippen molar-refractivity contribution in [2.24, 2.45) is 0 Å². The minimum absolute atomic E-state index is 0.952. The molecule has 1 nitrogen and oxygen atoms in total. The van der Waals surface area contributed by atoms with Gasteiger partial charge in [-0.15, -0.1) is 0 Å². The number of halogens is 2. The molecule has 0 aromatic heterocycles. The van der Waals surface area contributed by atoms with E-state index < -0.39 is 0 Å². The third-order valence-electron chi connectivity index (χ3n) is 2.11. The first-order valence-electron chi connectivity index (χ1n) is 4.15. The fraction of sp³-hybridized carbons (Fsp3) is 0.0909. The minimum Gasteiger partial charge on any atom is -0.496 e. The van der Waals surface area contributed by atoms with Crippen molar-refractivity contribution in [3.63, 3.8) is 0 Å². The van der Waals surface area contributed by atoms with E-state index in [1.165, 1.54) is 17.9 Å².